The van der Waals surface area contributed by atoms with Crippen molar-refractivity contribution >= 4 is 6.21 Å². The Balaban J connectivity index is 4.09. The normalized spacial score (nSPS) is 12.6. The molecule has 0 spiro atoms. The fraction of sp³-hybridized carbons (Fsp3) is 0.364. The van der Waals surface area contributed by atoms with Crippen molar-refractivity contribution in [1.29, 1.82) is 0 Å². The molecule has 0 saturated carbocycles. The summed E-state index contributed by atoms with van der Waals surface area (Å²) >= 11 is 0. The van der Waals surface area contributed by atoms with Gasteiger partial charge in [-0.1, -0.05) is 31.4 Å². The van der Waals surface area contributed by atoms with Crippen molar-refractivity contribution in [3.63, 3.8) is 0 Å². The van der Waals surface area contributed by atoms with Crippen molar-refractivity contribution < 1.29 is 0 Å². The van der Waals surface area contributed by atoms with Crippen LogP contribution in [0.2, 0.25) is 0 Å². The predicted molar refractivity (Wildman–Crippen MR) is 55.1 cm³/mol. The Kier molecular flexibility index (Phi) is 6.97. The van der Waals surface area contributed by atoms with Gasteiger partial charge in [-0.2, -0.15) is 0 Å². The summed E-state index contributed by atoms with van der Waals surface area (Å²) in [6.45, 7) is 4.04. The number of unbranched alkanes of at least 4 members (excludes halogenated alkanes) is 1. The van der Waals surface area contributed by atoms with Gasteiger partial charge in [0.15, 0.2) is 0 Å². The van der Waals surface area contributed by atoms with Gasteiger partial charge in [-0.15, -0.1) is 6.42 Å². The Labute approximate surface area is 74.9 Å². The summed E-state index contributed by atoms with van der Waals surface area (Å²) in [7, 11) is 0. The Morgan fingerprint density at radius 2 is 2.33 bits per heavy atom. The lowest BCUT2D eigenvalue weighted by atomic mass is 10.2. The summed E-state index contributed by atoms with van der Waals surface area (Å²) in [4.78, 5) is 4.00. The van der Waals surface area contributed by atoms with Crippen LogP contribution in [0, 0.1) is 12.3 Å². The highest BCUT2D eigenvalue weighted by Gasteiger charge is 1.83. The van der Waals surface area contributed by atoms with Gasteiger partial charge in [0, 0.05) is 18.0 Å². The Hall–Kier alpha value is -1.29. The van der Waals surface area contributed by atoms with Crippen LogP contribution in [0.3, 0.4) is 0 Å². The number of allylic oxidation sites excluding steroid dienone is 3. The van der Waals surface area contributed by atoms with Crippen LogP contribution in [0.4, 0.5) is 0 Å². The summed E-state index contributed by atoms with van der Waals surface area (Å²) in [5.41, 5.74) is 0.856. The lowest BCUT2D eigenvalue weighted by Crippen LogP contribution is -1.79. The lowest BCUT2D eigenvalue weighted by molar-refractivity contribution is 0.957. The molecule has 0 aromatic heterocycles. The third-order valence-corrected chi connectivity index (χ3v) is 1.27. The van der Waals surface area contributed by atoms with Gasteiger partial charge in [-0.25, -0.2) is 0 Å². The molecule has 12 heavy (non-hydrogen) atoms. The molecule has 0 aliphatic heterocycles. The highest BCUT2D eigenvalue weighted by atomic mass is 14.7. The van der Waals surface area contributed by atoms with E-state index in [1.807, 2.05) is 19.1 Å². The standard InChI is InChI=1S/C11H15N/c1-4-7-8-11(6-3)10-12-9-5-2/h3,5,8-10H,4,7H2,1-2H3/b9-5-,11-8+,12-10+. The molecular weight excluding hydrogens is 146 g/mol. The summed E-state index contributed by atoms with van der Waals surface area (Å²) in [6, 6.07) is 0. The quantitative estimate of drug-likeness (QED) is 0.444. The molecule has 1 heteroatoms. The number of hydrogen-bond donors (Lipinski definition) is 0. The van der Waals surface area contributed by atoms with Crippen molar-refractivity contribution in [2.45, 2.75) is 26.7 Å². The molecule has 0 fully saturated rings. The number of rotatable bonds is 4. The zero-order chi connectivity index (χ0) is 9.23. The Morgan fingerprint density at radius 3 is 2.83 bits per heavy atom. The van der Waals surface area contributed by atoms with E-state index >= 15 is 0 Å². The monoisotopic (exact) mass is 161 g/mol. The molecule has 0 heterocycles. The van der Waals surface area contributed by atoms with Crippen molar-refractivity contribution in [3.8, 4) is 12.3 Å². The van der Waals surface area contributed by atoms with Crippen LogP contribution in [0.25, 0.3) is 0 Å². The van der Waals surface area contributed by atoms with Gasteiger partial charge in [0.1, 0.15) is 0 Å². The van der Waals surface area contributed by atoms with Gasteiger partial charge in [0.2, 0.25) is 0 Å². The number of terminal acetylenes is 1. The molecule has 1 nitrogen and oxygen atoms in total. The molecule has 0 unspecified atom stereocenters. The SMILES string of the molecule is C#CC(/C=N/C=C\C)=C\CCC. The van der Waals surface area contributed by atoms with Crippen LogP contribution in [0.5, 0.6) is 0 Å². The third kappa shape index (κ3) is 5.49. The molecular formula is C11H15N. The molecule has 0 aliphatic carbocycles. The van der Waals surface area contributed by atoms with E-state index < -0.39 is 0 Å². The maximum Gasteiger partial charge on any atom is 0.0421 e. The van der Waals surface area contributed by atoms with E-state index in [0.717, 1.165) is 18.4 Å². The van der Waals surface area contributed by atoms with Crippen LogP contribution in [-0.4, -0.2) is 6.21 Å². The highest BCUT2D eigenvalue weighted by molar-refractivity contribution is 5.84. The molecule has 0 amide bonds. The first-order chi connectivity index (χ1) is 5.85. The zero-order valence-corrected chi connectivity index (χ0v) is 7.75. The maximum absolute atomic E-state index is 5.26. The second-order valence-electron chi connectivity index (χ2n) is 2.35. The second-order valence-corrected chi connectivity index (χ2v) is 2.35. The maximum atomic E-state index is 5.26. The minimum absolute atomic E-state index is 0.856. The number of aliphatic imine (C=N–C) groups is 1. The smallest absolute Gasteiger partial charge is 0.0421 e. The second kappa shape index (κ2) is 7.81. The van der Waals surface area contributed by atoms with E-state index in [2.05, 4.69) is 17.8 Å². The molecule has 0 radical (unpaired) electrons. The summed E-state index contributed by atoms with van der Waals surface area (Å²) in [5, 5.41) is 0. The summed E-state index contributed by atoms with van der Waals surface area (Å²) in [6.07, 6.45) is 14.7. The first-order valence-corrected chi connectivity index (χ1v) is 4.16. The van der Waals surface area contributed by atoms with E-state index in [9.17, 15) is 0 Å². The fourth-order valence-electron chi connectivity index (χ4n) is 0.658. The first-order valence-electron chi connectivity index (χ1n) is 4.16. The van der Waals surface area contributed by atoms with Gasteiger partial charge in [-0.3, -0.25) is 4.99 Å². The van der Waals surface area contributed by atoms with Gasteiger partial charge >= 0.3 is 0 Å². The molecule has 0 aromatic rings. The molecule has 0 saturated heterocycles. The fourth-order valence-corrected chi connectivity index (χ4v) is 0.658. The van der Waals surface area contributed by atoms with Gasteiger partial charge in [0.05, 0.1) is 0 Å². The van der Waals surface area contributed by atoms with Crippen LogP contribution in [0.15, 0.2) is 28.9 Å². The Morgan fingerprint density at radius 1 is 1.58 bits per heavy atom. The topological polar surface area (TPSA) is 12.4 Å². The summed E-state index contributed by atoms with van der Waals surface area (Å²) in [5.74, 6) is 2.57. The largest absolute Gasteiger partial charge is 0.264 e. The minimum Gasteiger partial charge on any atom is -0.264 e. The Bertz CT molecular complexity index is 226. The van der Waals surface area contributed by atoms with E-state index in [0.29, 0.717) is 0 Å². The molecule has 0 rings (SSSR count). The molecule has 0 N–H and O–H groups in total. The first kappa shape index (κ1) is 10.7. The van der Waals surface area contributed by atoms with Crippen LogP contribution in [0.1, 0.15) is 26.7 Å². The van der Waals surface area contributed by atoms with E-state index in [1.165, 1.54) is 0 Å². The van der Waals surface area contributed by atoms with E-state index in [1.54, 1.807) is 12.4 Å². The number of hydrogen-bond acceptors (Lipinski definition) is 1. The van der Waals surface area contributed by atoms with E-state index in [4.69, 9.17) is 6.42 Å². The minimum atomic E-state index is 0.856. The number of nitrogens with zero attached hydrogens (tertiary/aromatic N) is 1. The average molecular weight is 161 g/mol. The highest BCUT2D eigenvalue weighted by Crippen LogP contribution is 1.95. The average Bonchev–Trinajstić information content (AvgIpc) is 2.11. The third-order valence-electron chi connectivity index (χ3n) is 1.27. The zero-order valence-electron chi connectivity index (χ0n) is 7.75. The van der Waals surface area contributed by atoms with Gasteiger partial charge in [-0.05, 0) is 13.3 Å². The van der Waals surface area contributed by atoms with Crippen LogP contribution >= 0.6 is 0 Å². The van der Waals surface area contributed by atoms with E-state index in [-0.39, 0.29) is 0 Å². The van der Waals surface area contributed by atoms with Crippen LogP contribution < -0.4 is 0 Å². The van der Waals surface area contributed by atoms with Gasteiger partial charge < -0.3 is 0 Å². The van der Waals surface area contributed by atoms with Crippen molar-refractivity contribution in [1.82, 2.24) is 0 Å². The molecule has 0 bridgehead atoms. The lowest BCUT2D eigenvalue weighted by Gasteiger charge is -1.88. The van der Waals surface area contributed by atoms with Crippen LogP contribution in [-0.2, 0) is 0 Å². The molecule has 0 aliphatic rings. The molecule has 0 aromatic carbocycles. The predicted octanol–water partition coefficient (Wildman–Crippen LogP) is 2.95. The summed E-state index contributed by atoms with van der Waals surface area (Å²) < 4.78 is 0. The van der Waals surface area contributed by atoms with Crippen molar-refractivity contribution in [3.05, 3.63) is 23.9 Å². The van der Waals surface area contributed by atoms with Crippen molar-refractivity contribution in [2.24, 2.45) is 4.99 Å². The molecule has 64 valence electrons. The van der Waals surface area contributed by atoms with Crippen molar-refractivity contribution in [2.75, 3.05) is 0 Å². The molecule has 0 atom stereocenters. The van der Waals surface area contributed by atoms with Gasteiger partial charge in [0.25, 0.3) is 0 Å².